The molecule has 0 saturated carbocycles. The van der Waals surface area contributed by atoms with Gasteiger partial charge in [-0.1, -0.05) is 6.42 Å². The first kappa shape index (κ1) is 18.4. The van der Waals surface area contributed by atoms with E-state index in [-0.39, 0.29) is 23.8 Å². The average Bonchev–Trinajstić information content (AvgIpc) is 2.68. The maximum Gasteiger partial charge on any atom is 0.270 e. The molecular weight excluding hydrogens is 360 g/mol. The van der Waals surface area contributed by atoms with E-state index >= 15 is 0 Å². The molecule has 8 heteroatoms. The molecule has 8 nitrogen and oxygen atoms in total. The number of nitro benzene ring substituents is 1. The molecule has 1 fully saturated rings. The standard InChI is InChI=1S/C20H22N4O4/c1-12(22-5-3-2-4-6-22)11-23-19(25)16-9-14(21)7-13-8-15(24(27)28)10-17(18(13)16)20(23)26/h7-10,12H,2-6,11,21H2,1H3. The molecule has 1 atom stereocenters. The molecule has 28 heavy (non-hydrogen) atoms. The summed E-state index contributed by atoms with van der Waals surface area (Å²) >= 11 is 0. The summed E-state index contributed by atoms with van der Waals surface area (Å²) in [4.78, 5) is 40.5. The number of likely N-dealkylation sites (tertiary alicyclic amines) is 1. The second-order valence-electron chi connectivity index (χ2n) is 7.58. The number of imide groups is 1. The summed E-state index contributed by atoms with van der Waals surface area (Å²) in [5.41, 5.74) is 6.58. The normalized spacial score (nSPS) is 18.5. The largest absolute Gasteiger partial charge is 0.399 e. The third-order valence-corrected chi connectivity index (χ3v) is 5.68. The second-order valence-corrected chi connectivity index (χ2v) is 7.58. The van der Waals surface area contributed by atoms with Crippen LogP contribution in [0.5, 0.6) is 0 Å². The highest BCUT2D eigenvalue weighted by Gasteiger charge is 2.36. The van der Waals surface area contributed by atoms with Gasteiger partial charge in [0, 0.05) is 35.8 Å². The SMILES string of the molecule is CC(CN1C(=O)c2cc(N)cc3cc([N+](=O)[O-])cc(c23)C1=O)N1CCCCC1. The minimum absolute atomic E-state index is 0.0185. The van der Waals surface area contributed by atoms with Crippen LogP contribution < -0.4 is 5.73 Å². The third-order valence-electron chi connectivity index (χ3n) is 5.68. The summed E-state index contributed by atoms with van der Waals surface area (Å²) in [5, 5.41) is 12.2. The van der Waals surface area contributed by atoms with Crippen molar-refractivity contribution in [2.45, 2.75) is 32.2 Å². The topological polar surface area (TPSA) is 110 Å². The molecule has 2 aliphatic rings. The summed E-state index contributed by atoms with van der Waals surface area (Å²) in [7, 11) is 0. The summed E-state index contributed by atoms with van der Waals surface area (Å²) < 4.78 is 0. The first-order chi connectivity index (χ1) is 13.4. The predicted octanol–water partition coefficient (Wildman–Crippen LogP) is 2.80. The van der Waals surface area contributed by atoms with E-state index in [0.29, 0.717) is 22.0 Å². The Morgan fingerprint density at radius 2 is 1.71 bits per heavy atom. The zero-order chi connectivity index (χ0) is 20.0. The minimum atomic E-state index is -0.538. The molecular formula is C20H22N4O4. The molecule has 2 amide bonds. The Hall–Kier alpha value is -3.00. The lowest BCUT2D eigenvalue weighted by molar-refractivity contribution is -0.384. The van der Waals surface area contributed by atoms with Crippen LogP contribution in [-0.2, 0) is 0 Å². The summed E-state index contributed by atoms with van der Waals surface area (Å²) in [6.45, 7) is 4.14. The van der Waals surface area contributed by atoms with E-state index < -0.39 is 16.7 Å². The van der Waals surface area contributed by atoms with Gasteiger partial charge in [-0.15, -0.1) is 0 Å². The fourth-order valence-electron chi connectivity index (χ4n) is 4.25. The number of non-ortho nitro benzene ring substituents is 1. The number of rotatable bonds is 4. The van der Waals surface area contributed by atoms with E-state index in [4.69, 9.17) is 5.73 Å². The van der Waals surface area contributed by atoms with Gasteiger partial charge in [-0.25, -0.2) is 0 Å². The van der Waals surface area contributed by atoms with Crippen LogP contribution in [0.3, 0.4) is 0 Å². The van der Waals surface area contributed by atoms with Crippen molar-refractivity contribution in [2.24, 2.45) is 0 Å². The number of hydrogen-bond acceptors (Lipinski definition) is 6. The first-order valence-corrected chi connectivity index (χ1v) is 9.48. The van der Waals surface area contributed by atoms with E-state index in [1.807, 2.05) is 6.92 Å². The van der Waals surface area contributed by atoms with Gasteiger partial charge in [0.2, 0.25) is 0 Å². The molecule has 1 saturated heterocycles. The van der Waals surface area contributed by atoms with Gasteiger partial charge in [0.15, 0.2) is 0 Å². The van der Waals surface area contributed by atoms with Crippen LogP contribution in [0.2, 0.25) is 0 Å². The van der Waals surface area contributed by atoms with Crippen LogP contribution in [0.1, 0.15) is 46.9 Å². The minimum Gasteiger partial charge on any atom is -0.399 e. The molecule has 2 aromatic rings. The molecule has 4 rings (SSSR count). The van der Waals surface area contributed by atoms with Crippen molar-refractivity contribution < 1.29 is 14.5 Å². The molecule has 2 aliphatic heterocycles. The molecule has 2 heterocycles. The number of carbonyl (C=O) groups excluding carboxylic acids is 2. The van der Waals surface area contributed by atoms with E-state index in [0.717, 1.165) is 25.9 Å². The number of anilines is 1. The molecule has 2 N–H and O–H groups in total. The highest BCUT2D eigenvalue weighted by molar-refractivity contribution is 6.26. The third kappa shape index (κ3) is 2.99. The fraction of sp³-hybridized carbons (Fsp3) is 0.400. The Morgan fingerprint density at radius 1 is 1.07 bits per heavy atom. The van der Waals surface area contributed by atoms with Crippen LogP contribution in [-0.4, -0.2) is 52.2 Å². The van der Waals surface area contributed by atoms with Gasteiger partial charge in [-0.3, -0.25) is 29.5 Å². The molecule has 0 bridgehead atoms. The number of benzene rings is 2. The average molecular weight is 382 g/mol. The Labute approximate surface area is 162 Å². The molecule has 1 unspecified atom stereocenters. The van der Waals surface area contributed by atoms with Gasteiger partial charge in [0.1, 0.15) is 0 Å². The monoisotopic (exact) mass is 382 g/mol. The van der Waals surface area contributed by atoms with Crippen LogP contribution in [0, 0.1) is 10.1 Å². The number of nitrogens with zero attached hydrogens (tertiary/aromatic N) is 3. The van der Waals surface area contributed by atoms with Gasteiger partial charge in [0.25, 0.3) is 17.5 Å². The highest BCUT2D eigenvalue weighted by Crippen LogP contribution is 2.35. The molecule has 2 aromatic carbocycles. The number of nitro groups is 1. The lowest BCUT2D eigenvalue weighted by atomic mass is 9.92. The maximum atomic E-state index is 13.1. The quantitative estimate of drug-likeness (QED) is 0.377. The number of hydrogen-bond donors (Lipinski definition) is 1. The van der Waals surface area contributed by atoms with Crippen LogP contribution in [0.4, 0.5) is 11.4 Å². The highest BCUT2D eigenvalue weighted by atomic mass is 16.6. The smallest absolute Gasteiger partial charge is 0.270 e. The predicted molar refractivity (Wildman–Crippen MR) is 105 cm³/mol. The molecule has 146 valence electrons. The Kier molecular flexibility index (Phi) is 4.50. The zero-order valence-electron chi connectivity index (χ0n) is 15.7. The lowest BCUT2D eigenvalue weighted by Gasteiger charge is -2.36. The first-order valence-electron chi connectivity index (χ1n) is 9.48. The number of carbonyl (C=O) groups is 2. The number of piperidine rings is 1. The van der Waals surface area contributed by atoms with Gasteiger partial charge in [-0.2, -0.15) is 0 Å². The van der Waals surface area contributed by atoms with Crippen molar-refractivity contribution in [3.05, 3.63) is 45.5 Å². The van der Waals surface area contributed by atoms with Crippen LogP contribution in [0.25, 0.3) is 10.8 Å². The van der Waals surface area contributed by atoms with Crippen LogP contribution in [0.15, 0.2) is 24.3 Å². The van der Waals surface area contributed by atoms with E-state index in [1.54, 1.807) is 12.1 Å². The van der Waals surface area contributed by atoms with Crippen molar-refractivity contribution in [1.29, 1.82) is 0 Å². The molecule has 0 spiro atoms. The summed E-state index contributed by atoms with van der Waals surface area (Å²) in [5.74, 6) is -0.882. The van der Waals surface area contributed by atoms with E-state index in [2.05, 4.69) is 4.90 Å². The lowest BCUT2D eigenvalue weighted by Crippen LogP contribution is -2.49. The van der Waals surface area contributed by atoms with Gasteiger partial charge < -0.3 is 5.73 Å². The zero-order valence-corrected chi connectivity index (χ0v) is 15.7. The van der Waals surface area contributed by atoms with E-state index in [9.17, 15) is 19.7 Å². The second kappa shape index (κ2) is 6.87. The summed E-state index contributed by atoms with van der Waals surface area (Å²) in [6, 6.07) is 5.73. The van der Waals surface area contributed by atoms with Crippen molar-refractivity contribution in [3.63, 3.8) is 0 Å². The number of amides is 2. The van der Waals surface area contributed by atoms with Gasteiger partial charge in [-0.05, 0) is 50.4 Å². The number of nitrogen functional groups attached to an aromatic ring is 1. The molecule has 0 aliphatic carbocycles. The van der Waals surface area contributed by atoms with Gasteiger partial charge in [0.05, 0.1) is 16.1 Å². The van der Waals surface area contributed by atoms with E-state index in [1.165, 1.54) is 23.5 Å². The van der Waals surface area contributed by atoms with Crippen LogP contribution >= 0.6 is 0 Å². The summed E-state index contributed by atoms with van der Waals surface area (Å²) in [6.07, 6.45) is 3.41. The van der Waals surface area contributed by atoms with Crippen molar-refractivity contribution in [2.75, 3.05) is 25.4 Å². The fourth-order valence-corrected chi connectivity index (χ4v) is 4.25. The van der Waals surface area contributed by atoms with Crippen molar-refractivity contribution in [3.8, 4) is 0 Å². The van der Waals surface area contributed by atoms with Crippen molar-refractivity contribution >= 4 is 34.0 Å². The Morgan fingerprint density at radius 3 is 2.36 bits per heavy atom. The Bertz CT molecular complexity index is 997. The maximum absolute atomic E-state index is 13.1. The molecule has 0 radical (unpaired) electrons. The molecule has 0 aromatic heterocycles. The van der Waals surface area contributed by atoms with Gasteiger partial charge >= 0.3 is 0 Å². The Balaban J connectivity index is 1.77. The van der Waals surface area contributed by atoms with Crippen molar-refractivity contribution in [1.82, 2.24) is 9.80 Å². The number of nitrogens with two attached hydrogens (primary N) is 1.